The van der Waals surface area contributed by atoms with E-state index in [0.717, 1.165) is 6.92 Å². The fourth-order valence-electron chi connectivity index (χ4n) is 3.06. The number of carbonyl (C=O) groups excluding carboxylic acids is 4. The highest BCUT2D eigenvalue weighted by molar-refractivity contribution is 5.73. The minimum atomic E-state index is -1.17. The maximum atomic E-state index is 11.8. The molecule has 13 nitrogen and oxygen atoms in total. The van der Waals surface area contributed by atoms with Crippen LogP contribution in [0, 0.1) is 0 Å². The summed E-state index contributed by atoms with van der Waals surface area (Å²) in [6.07, 6.45) is -4.48. The highest BCUT2D eigenvalue weighted by Crippen LogP contribution is 2.28. The summed E-state index contributed by atoms with van der Waals surface area (Å²) in [5.74, 6) is -2.40. The first-order chi connectivity index (χ1) is 15.6. The lowest BCUT2D eigenvalue weighted by Crippen LogP contribution is -2.66. The number of nitrogens with two attached hydrogens (primary N) is 1. The summed E-state index contributed by atoms with van der Waals surface area (Å²) in [5.41, 5.74) is 5.33. The van der Waals surface area contributed by atoms with Gasteiger partial charge in [0.1, 0.15) is 18.8 Å². The first-order valence-electron chi connectivity index (χ1n) is 10.5. The van der Waals surface area contributed by atoms with Crippen LogP contribution in [0.5, 0.6) is 0 Å². The summed E-state index contributed by atoms with van der Waals surface area (Å²) in [6.45, 7) is 6.28. The zero-order valence-corrected chi connectivity index (χ0v) is 19.4. The van der Waals surface area contributed by atoms with Crippen molar-refractivity contribution in [1.82, 2.24) is 5.32 Å². The Morgan fingerprint density at radius 1 is 0.818 bits per heavy atom. The van der Waals surface area contributed by atoms with Gasteiger partial charge in [-0.25, -0.2) is 0 Å². The molecule has 0 aromatic heterocycles. The molecule has 13 heteroatoms. The Morgan fingerprint density at radius 3 is 1.94 bits per heavy atom. The molecule has 1 heterocycles. The van der Waals surface area contributed by atoms with Gasteiger partial charge < -0.3 is 44.2 Å². The van der Waals surface area contributed by atoms with Crippen LogP contribution in [0.15, 0.2) is 0 Å². The normalized spacial score (nSPS) is 24.6. The Bertz CT molecular complexity index is 646. The Morgan fingerprint density at radius 2 is 1.39 bits per heavy atom. The monoisotopic (exact) mass is 478 g/mol. The average Bonchev–Trinajstić information content (AvgIpc) is 2.71. The predicted octanol–water partition coefficient (Wildman–Crippen LogP) is -1.35. The summed E-state index contributed by atoms with van der Waals surface area (Å²) < 4.78 is 37.9. The van der Waals surface area contributed by atoms with E-state index >= 15 is 0 Å². The molecule has 190 valence electrons. The summed E-state index contributed by atoms with van der Waals surface area (Å²) in [4.78, 5) is 46.6. The SMILES string of the molecule is CC(=O)N[C@H]1[C@@H](OCCOCCOCCN)O[C@@H](COC(C)=O)[C@@H](OC(C)=O)[C@H]1OC(C)=O. The maximum Gasteiger partial charge on any atom is 0.303 e. The molecular weight excluding hydrogens is 444 g/mol. The second kappa shape index (κ2) is 15.5. The van der Waals surface area contributed by atoms with E-state index in [-0.39, 0.29) is 19.8 Å². The number of nitrogens with one attached hydrogen (secondary N) is 1. The van der Waals surface area contributed by atoms with Gasteiger partial charge in [0.15, 0.2) is 18.5 Å². The first kappa shape index (κ1) is 28.7. The van der Waals surface area contributed by atoms with Gasteiger partial charge in [0.2, 0.25) is 5.91 Å². The number of hydrogen-bond acceptors (Lipinski definition) is 12. The van der Waals surface area contributed by atoms with Gasteiger partial charge in [-0.05, 0) is 0 Å². The summed E-state index contributed by atoms with van der Waals surface area (Å²) in [7, 11) is 0. The Balaban J connectivity index is 2.95. The first-order valence-corrected chi connectivity index (χ1v) is 10.5. The van der Waals surface area contributed by atoms with E-state index in [2.05, 4.69) is 5.32 Å². The number of ether oxygens (including phenoxy) is 7. The summed E-state index contributed by atoms with van der Waals surface area (Å²) >= 11 is 0. The van der Waals surface area contributed by atoms with E-state index < -0.39 is 54.5 Å². The predicted molar refractivity (Wildman–Crippen MR) is 111 cm³/mol. The van der Waals surface area contributed by atoms with Crippen LogP contribution in [0.1, 0.15) is 27.7 Å². The van der Waals surface area contributed by atoms with Gasteiger partial charge in [-0.15, -0.1) is 0 Å². The van der Waals surface area contributed by atoms with E-state index in [1.54, 1.807) is 0 Å². The lowest BCUT2D eigenvalue weighted by atomic mass is 9.96. The van der Waals surface area contributed by atoms with Gasteiger partial charge in [-0.3, -0.25) is 19.2 Å². The number of amides is 1. The number of esters is 3. The largest absolute Gasteiger partial charge is 0.463 e. The third-order valence-electron chi connectivity index (χ3n) is 4.22. The molecule has 1 amide bonds. The highest BCUT2D eigenvalue weighted by Gasteiger charge is 2.51. The number of hydrogen-bond donors (Lipinski definition) is 2. The van der Waals surface area contributed by atoms with Crippen LogP contribution >= 0.6 is 0 Å². The molecule has 0 aliphatic carbocycles. The van der Waals surface area contributed by atoms with Crippen LogP contribution in [0.3, 0.4) is 0 Å². The van der Waals surface area contributed by atoms with Gasteiger partial charge in [0, 0.05) is 34.2 Å². The fourth-order valence-corrected chi connectivity index (χ4v) is 3.06. The van der Waals surface area contributed by atoms with Crippen LogP contribution in [-0.2, 0) is 52.3 Å². The molecule has 0 saturated carbocycles. The molecule has 1 fully saturated rings. The van der Waals surface area contributed by atoms with Crippen molar-refractivity contribution < 1.29 is 52.3 Å². The van der Waals surface area contributed by atoms with Crippen molar-refractivity contribution >= 4 is 23.8 Å². The number of rotatable bonds is 14. The van der Waals surface area contributed by atoms with Gasteiger partial charge in [-0.2, -0.15) is 0 Å². The molecule has 0 bridgehead atoms. The molecule has 0 unspecified atom stereocenters. The molecular formula is C20H34N2O11. The minimum Gasteiger partial charge on any atom is -0.463 e. The van der Waals surface area contributed by atoms with E-state index in [4.69, 9.17) is 38.9 Å². The third kappa shape index (κ3) is 11.4. The fraction of sp³-hybridized carbons (Fsp3) is 0.800. The summed E-state index contributed by atoms with van der Waals surface area (Å²) in [6, 6.07) is -1.02. The molecule has 1 saturated heterocycles. The third-order valence-corrected chi connectivity index (χ3v) is 4.22. The Hall–Kier alpha value is -2.32. The molecule has 0 aromatic carbocycles. The quantitative estimate of drug-likeness (QED) is 0.171. The second-order valence-electron chi connectivity index (χ2n) is 7.10. The van der Waals surface area contributed by atoms with Gasteiger partial charge in [0.25, 0.3) is 0 Å². The van der Waals surface area contributed by atoms with Crippen molar-refractivity contribution in [3.8, 4) is 0 Å². The van der Waals surface area contributed by atoms with Crippen molar-refractivity contribution in [3.05, 3.63) is 0 Å². The molecule has 0 radical (unpaired) electrons. The topological polar surface area (TPSA) is 171 Å². The lowest BCUT2D eigenvalue weighted by Gasteiger charge is -2.44. The Kier molecular flexibility index (Phi) is 13.5. The zero-order chi connectivity index (χ0) is 24.8. The van der Waals surface area contributed by atoms with E-state index in [9.17, 15) is 19.2 Å². The molecule has 1 aliphatic heterocycles. The second-order valence-corrected chi connectivity index (χ2v) is 7.10. The standard InChI is InChI=1S/C20H34N2O11/c1-12(23)22-17-19(32-15(4)26)18(31-14(3)25)16(11-30-13(2)24)33-20(17)29-10-9-28-8-7-27-6-5-21/h16-20H,5-11,21H2,1-4H3,(H,22,23)/t16-,17+,18+,19-,20-/m0/s1. The summed E-state index contributed by atoms with van der Waals surface area (Å²) in [5, 5.41) is 2.61. The average molecular weight is 478 g/mol. The smallest absolute Gasteiger partial charge is 0.303 e. The van der Waals surface area contributed by atoms with Gasteiger partial charge in [0.05, 0.1) is 33.0 Å². The van der Waals surface area contributed by atoms with Crippen LogP contribution in [0.4, 0.5) is 0 Å². The van der Waals surface area contributed by atoms with E-state index in [1.165, 1.54) is 20.8 Å². The minimum absolute atomic E-state index is 0.0585. The van der Waals surface area contributed by atoms with Crippen molar-refractivity contribution in [2.24, 2.45) is 5.73 Å². The van der Waals surface area contributed by atoms with Gasteiger partial charge >= 0.3 is 17.9 Å². The van der Waals surface area contributed by atoms with Crippen LogP contribution in [0.25, 0.3) is 0 Å². The van der Waals surface area contributed by atoms with Crippen molar-refractivity contribution in [2.45, 2.75) is 58.3 Å². The van der Waals surface area contributed by atoms with Crippen LogP contribution < -0.4 is 11.1 Å². The van der Waals surface area contributed by atoms with Crippen molar-refractivity contribution in [2.75, 3.05) is 46.2 Å². The molecule has 1 aliphatic rings. The van der Waals surface area contributed by atoms with E-state index in [0.29, 0.717) is 26.4 Å². The van der Waals surface area contributed by atoms with Crippen LogP contribution in [0.2, 0.25) is 0 Å². The molecule has 33 heavy (non-hydrogen) atoms. The van der Waals surface area contributed by atoms with E-state index in [1.807, 2.05) is 0 Å². The Labute approximate surface area is 192 Å². The van der Waals surface area contributed by atoms with Crippen molar-refractivity contribution in [1.29, 1.82) is 0 Å². The lowest BCUT2D eigenvalue weighted by molar-refractivity contribution is -0.279. The van der Waals surface area contributed by atoms with Gasteiger partial charge in [-0.1, -0.05) is 0 Å². The van der Waals surface area contributed by atoms with Crippen molar-refractivity contribution in [3.63, 3.8) is 0 Å². The molecule has 1 rings (SSSR count). The number of carbonyl (C=O) groups is 4. The molecule has 5 atom stereocenters. The highest BCUT2D eigenvalue weighted by atomic mass is 16.7. The van der Waals surface area contributed by atoms with Crippen LogP contribution in [-0.4, -0.2) is 101 Å². The molecule has 3 N–H and O–H groups in total. The zero-order valence-electron chi connectivity index (χ0n) is 19.4. The maximum absolute atomic E-state index is 11.8. The molecule has 0 spiro atoms. The molecule has 0 aromatic rings.